The fourth-order valence-electron chi connectivity index (χ4n) is 3.21. The highest BCUT2D eigenvalue weighted by molar-refractivity contribution is 7.09. The number of nitrogens with zero attached hydrogens (tertiary/aromatic N) is 2. The number of rotatable bonds is 11. The minimum atomic E-state index is -4.49. The molecular formula is C27H25F3N2O4S. The van der Waals surface area contributed by atoms with Gasteiger partial charge in [0.2, 0.25) is 5.88 Å². The van der Waals surface area contributed by atoms with E-state index in [1.807, 2.05) is 13.0 Å². The summed E-state index contributed by atoms with van der Waals surface area (Å²) in [6.07, 6.45) is 1.77. The van der Waals surface area contributed by atoms with Crippen LogP contribution in [-0.2, 0) is 11.4 Å². The van der Waals surface area contributed by atoms with Gasteiger partial charge in [-0.05, 0) is 49.3 Å². The lowest BCUT2D eigenvalue weighted by Gasteiger charge is -2.15. The second-order valence-electron chi connectivity index (χ2n) is 7.70. The molecule has 0 N–H and O–H groups in total. The largest absolute Gasteiger partial charge is 0.486 e. The van der Waals surface area contributed by atoms with Crippen molar-refractivity contribution in [1.82, 2.24) is 9.97 Å². The molecule has 6 nitrogen and oxygen atoms in total. The Morgan fingerprint density at radius 2 is 1.95 bits per heavy atom. The highest BCUT2D eigenvalue weighted by Crippen LogP contribution is 2.37. The number of allylic oxidation sites excluding steroid dienone is 5. The standard InChI is InChI=1S/C27H25F3N2O4S/c1-5-19(7-6-18(3)27(28,29)30)22-16-37-26(32-22)15-36-24-12-17(2)23(35-11-10-33)13-21(24)20-8-9-25(34-4)31-14-20/h5-10,12-14,16H,3,11,15H2,1-2,4H3/b7-6-,19-5+. The lowest BCUT2D eigenvalue weighted by molar-refractivity contribution is -0.109. The molecule has 2 heterocycles. The van der Waals surface area contributed by atoms with Crippen LogP contribution in [0.2, 0.25) is 0 Å². The van der Waals surface area contributed by atoms with Crippen molar-refractivity contribution in [2.45, 2.75) is 26.6 Å². The van der Waals surface area contributed by atoms with Gasteiger partial charge in [0, 0.05) is 34.3 Å². The highest BCUT2D eigenvalue weighted by Gasteiger charge is 2.29. The van der Waals surface area contributed by atoms with Crippen molar-refractivity contribution in [2.24, 2.45) is 0 Å². The molecule has 0 bridgehead atoms. The summed E-state index contributed by atoms with van der Waals surface area (Å²) in [4.78, 5) is 19.6. The fraction of sp³-hybridized carbons (Fsp3) is 0.222. The van der Waals surface area contributed by atoms with Crippen molar-refractivity contribution in [3.8, 4) is 28.5 Å². The second kappa shape index (κ2) is 12.4. The number of carbonyl (C=O) groups is 1. The van der Waals surface area contributed by atoms with Crippen molar-refractivity contribution in [3.63, 3.8) is 0 Å². The van der Waals surface area contributed by atoms with E-state index in [9.17, 15) is 18.0 Å². The summed E-state index contributed by atoms with van der Waals surface area (Å²) in [5, 5.41) is 2.39. The summed E-state index contributed by atoms with van der Waals surface area (Å²) in [6, 6.07) is 7.13. The zero-order valence-electron chi connectivity index (χ0n) is 20.5. The third-order valence-electron chi connectivity index (χ3n) is 5.18. The van der Waals surface area contributed by atoms with Gasteiger partial charge in [-0.25, -0.2) is 9.97 Å². The quantitative estimate of drug-likeness (QED) is 0.202. The molecule has 194 valence electrons. The topological polar surface area (TPSA) is 70.5 Å². The molecule has 0 amide bonds. The molecule has 0 fully saturated rings. The predicted molar refractivity (Wildman–Crippen MR) is 137 cm³/mol. The van der Waals surface area contributed by atoms with Crippen LogP contribution in [0.25, 0.3) is 16.7 Å². The third-order valence-corrected chi connectivity index (χ3v) is 6.00. The number of thiazole rings is 1. The van der Waals surface area contributed by atoms with Crippen LogP contribution in [0.3, 0.4) is 0 Å². The zero-order chi connectivity index (χ0) is 27.0. The molecule has 0 aliphatic heterocycles. The maximum atomic E-state index is 12.7. The van der Waals surface area contributed by atoms with E-state index in [-0.39, 0.29) is 13.2 Å². The van der Waals surface area contributed by atoms with Crippen molar-refractivity contribution < 1.29 is 32.2 Å². The van der Waals surface area contributed by atoms with Gasteiger partial charge in [-0.3, -0.25) is 4.79 Å². The summed E-state index contributed by atoms with van der Waals surface area (Å²) in [5.74, 6) is 1.54. The number of ether oxygens (including phenoxy) is 3. The van der Waals surface area contributed by atoms with Gasteiger partial charge in [-0.15, -0.1) is 11.3 Å². The van der Waals surface area contributed by atoms with Crippen molar-refractivity contribution in [3.05, 3.63) is 82.5 Å². The number of hydrogen-bond acceptors (Lipinski definition) is 7. The molecule has 0 atom stereocenters. The number of pyridine rings is 1. The van der Waals surface area contributed by atoms with Gasteiger partial charge >= 0.3 is 6.18 Å². The summed E-state index contributed by atoms with van der Waals surface area (Å²) in [5.41, 5.74) is 2.34. The van der Waals surface area contributed by atoms with E-state index >= 15 is 0 Å². The summed E-state index contributed by atoms with van der Waals surface area (Å²) >= 11 is 1.33. The summed E-state index contributed by atoms with van der Waals surface area (Å²) < 4.78 is 55.0. The first-order valence-electron chi connectivity index (χ1n) is 11.1. The zero-order valence-corrected chi connectivity index (χ0v) is 21.3. The number of benzene rings is 1. The summed E-state index contributed by atoms with van der Waals surface area (Å²) in [6.45, 7) is 6.66. The SMILES string of the molecule is C=C(/C=C\C(=C/C)c1csc(COc2cc(C)c(OCC=O)cc2-c2ccc(OC)nc2)n1)C(F)(F)F. The molecule has 0 radical (unpaired) electrons. The molecule has 0 aliphatic rings. The van der Waals surface area contributed by atoms with Crippen LogP contribution < -0.4 is 14.2 Å². The lowest BCUT2D eigenvalue weighted by Crippen LogP contribution is -2.08. The molecule has 10 heteroatoms. The first kappa shape index (κ1) is 27.7. The van der Waals surface area contributed by atoms with E-state index in [2.05, 4.69) is 16.5 Å². The smallest absolute Gasteiger partial charge is 0.415 e. The molecule has 2 aromatic heterocycles. The van der Waals surface area contributed by atoms with Crippen molar-refractivity contribution in [1.29, 1.82) is 0 Å². The summed E-state index contributed by atoms with van der Waals surface area (Å²) in [7, 11) is 1.53. The van der Waals surface area contributed by atoms with E-state index in [4.69, 9.17) is 14.2 Å². The average Bonchev–Trinajstić information content (AvgIpc) is 3.35. The van der Waals surface area contributed by atoms with E-state index < -0.39 is 11.7 Å². The van der Waals surface area contributed by atoms with Crippen LogP contribution in [0.15, 0.2) is 66.2 Å². The Hall–Kier alpha value is -3.92. The maximum Gasteiger partial charge on any atom is 0.415 e. The maximum absolute atomic E-state index is 12.7. The average molecular weight is 531 g/mol. The first-order chi connectivity index (χ1) is 17.7. The van der Waals surface area contributed by atoms with Crippen LogP contribution in [0, 0.1) is 6.92 Å². The molecule has 3 rings (SSSR count). The number of aromatic nitrogens is 2. The molecule has 37 heavy (non-hydrogen) atoms. The first-order valence-corrected chi connectivity index (χ1v) is 11.9. The van der Waals surface area contributed by atoms with Crippen LogP contribution >= 0.6 is 11.3 Å². The van der Waals surface area contributed by atoms with E-state index in [0.29, 0.717) is 45.5 Å². The Balaban J connectivity index is 1.84. The number of carbonyl (C=O) groups excluding carboxylic acids is 1. The predicted octanol–water partition coefficient (Wildman–Crippen LogP) is 6.76. The molecule has 0 spiro atoms. The Morgan fingerprint density at radius 3 is 2.57 bits per heavy atom. The highest BCUT2D eigenvalue weighted by atomic mass is 32.1. The fourth-order valence-corrected chi connectivity index (χ4v) is 3.92. The van der Waals surface area contributed by atoms with Gasteiger partial charge in [0.25, 0.3) is 0 Å². The Kier molecular flexibility index (Phi) is 9.24. The van der Waals surface area contributed by atoms with Gasteiger partial charge in [0.05, 0.1) is 12.8 Å². The molecule has 3 aromatic rings. The number of alkyl halides is 3. The molecular weight excluding hydrogens is 505 g/mol. The third kappa shape index (κ3) is 7.29. The Morgan fingerprint density at radius 1 is 1.16 bits per heavy atom. The monoisotopic (exact) mass is 530 g/mol. The number of aryl methyl sites for hydroxylation is 1. The van der Waals surface area contributed by atoms with Gasteiger partial charge in [0.15, 0.2) is 6.29 Å². The van der Waals surface area contributed by atoms with Gasteiger partial charge in [-0.1, -0.05) is 18.7 Å². The minimum Gasteiger partial charge on any atom is -0.486 e. The Labute approximate surface area is 216 Å². The van der Waals surface area contributed by atoms with Crippen LogP contribution in [-0.4, -0.2) is 36.1 Å². The molecule has 0 saturated heterocycles. The van der Waals surface area contributed by atoms with Crippen molar-refractivity contribution >= 4 is 23.2 Å². The second-order valence-corrected chi connectivity index (χ2v) is 8.64. The number of methoxy groups -OCH3 is 1. The number of halogens is 3. The number of hydrogen-bond donors (Lipinski definition) is 0. The van der Waals surface area contributed by atoms with E-state index in [0.717, 1.165) is 17.2 Å². The van der Waals surface area contributed by atoms with Crippen LogP contribution in [0.4, 0.5) is 13.2 Å². The molecule has 0 unspecified atom stereocenters. The van der Waals surface area contributed by atoms with Crippen LogP contribution in [0.5, 0.6) is 17.4 Å². The Bertz CT molecular complexity index is 1310. The molecule has 1 aromatic carbocycles. The van der Waals surface area contributed by atoms with E-state index in [1.165, 1.54) is 24.5 Å². The molecule has 0 aliphatic carbocycles. The van der Waals surface area contributed by atoms with Gasteiger partial charge in [0.1, 0.15) is 29.7 Å². The van der Waals surface area contributed by atoms with Crippen LogP contribution in [0.1, 0.15) is 23.2 Å². The number of aldehydes is 1. The normalized spacial score (nSPS) is 12.0. The lowest BCUT2D eigenvalue weighted by atomic mass is 10.0. The minimum absolute atomic E-state index is 0.0821. The van der Waals surface area contributed by atoms with Crippen molar-refractivity contribution in [2.75, 3.05) is 13.7 Å². The van der Waals surface area contributed by atoms with Gasteiger partial charge in [-0.2, -0.15) is 13.2 Å². The molecule has 0 saturated carbocycles. The van der Waals surface area contributed by atoms with E-state index in [1.54, 1.807) is 42.8 Å². The van der Waals surface area contributed by atoms with Gasteiger partial charge < -0.3 is 14.2 Å².